The normalized spacial score (nSPS) is 11.9. The zero-order valence-electron chi connectivity index (χ0n) is 11.2. The molecule has 0 aliphatic rings. The molecule has 0 aliphatic carbocycles. The van der Waals surface area contributed by atoms with Gasteiger partial charge in [0.2, 0.25) is 0 Å². The molecule has 0 fully saturated rings. The molecule has 0 amide bonds. The van der Waals surface area contributed by atoms with Gasteiger partial charge in [0.15, 0.2) is 0 Å². The molecule has 0 saturated heterocycles. The lowest BCUT2D eigenvalue weighted by atomic mass is 9.84. The van der Waals surface area contributed by atoms with Crippen molar-refractivity contribution in [1.82, 2.24) is 0 Å². The Bertz CT molecular complexity index is 200. The molecule has 0 bridgehead atoms. The largest absolute Gasteiger partial charge is 0.466 e. The molecule has 0 aromatic carbocycles. The van der Waals surface area contributed by atoms with Crippen molar-refractivity contribution in [1.29, 1.82) is 0 Å². The van der Waals surface area contributed by atoms with E-state index in [0.29, 0.717) is 25.5 Å². The highest BCUT2D eigenvalue weighted by Gasteiger charge is 2.18. The molecule has 0 spiro atoms. The van der Waals surface area contributed by atoms with Gasteiger partial charge in [-0.2, -0.15) is 0 Å². The van der Waals surface area contributed by atoms with Crippen molar-refractivity contribution in [3.05, 3.63) is 0 Å². The maximum absolute atomic E-state index is 11.4. The first-order chi connectivity index (χ1) is 7.37. The number of hydrogen-bond acceptors (Lipinski definition) is 3. The van der Waals surface area contributed by atoms with Gasteiger partial charge in [-0.15, -0.1) is 0 Å². The Morgan fingerprint density at radius 1 is 1.31 bits per heavy atom. The second-order valence-corrected chi connectivity index (χ2v) is 5.61. The molecule has 16 heavy (non-hydrogen) atoms. The lowest BCUT2D eigenvalue weighted by molar-refractivity contribution is -0.144. The van der Waals surface area contributed by atoms with Crippen LogP contribution in [0, 0.1) is 11.3 Å². The molecule has 96 valence electrons. The van der Waals surface area contributed by atoms with Crippen LogP contribution in [0.2, 0.25) is 0 Å². The Morgan fingerprint density at radius 3 is 2.44 bits per heavy atom. The fraction of sp³-hybridized carbons (Fsp3) is 0.923. The van der Waals surface area contributed by atoms with Crippen LogP contribution in [0.1, 0.15) is 53.4 Å². The molecule has 0 atom stereocenters. The van der Waals surface area contributed by atoms with E-state index in [4.69, 9.17) is 10.5 Å². The summed E-state index contributed by atoms with van der Waals surface area (Å²) < 4.78 is 5.16. The van der Waals surface area contributed by atoms with Crippen molar-refractivity contribution < 1.29 is 9.53 Å². The highest BCUT2D eigenvalue weighted by Crippen LogP contribution is 2.25. The van der Waals surface area contributed by atoms with Crippen LogP contribution in [0.4, 0.5) is 0 Å². The van der Waals surface area contributed by atoms with Gasteiger partial charge in [-0.25, -0.2) is 0 Å². The molecule has 0 rings (SSSR count). The van der Waals surface area contributed by atoms with Gasteiger partial charge in [0.05, 0.1) is 6.61 Å². The lowest BCUT2D eigenvalue weighted by Crippen LogP contribution is -2.19. The van der Waals surface area contributed by atoms with Crippen LogP contribution in [0.25, 0.3) is 0 Å². The molecule has 0 heterocycles. The van der Waals surface area contributed by atoms with Gasteiger partial charge < -0.3 is 10.5 Å². The number of nitrogens with two attached hydrogens (primary N) is 1. The Morgan fingerprint density at radius 2 is 1.94 bits per heavy atom. The van der Waals surface area contributed by atoms with Gasteiger partial charge in [0.1, 0.15) is 0 Å². The molecular weight excluding hydrogens is 202 g/mol. The first-order valence-corrected chi connectivity index (χ1v) is 6.23. The van der Waals surface area contributed by atoms with E-state index >= 15 is 0 Å². The minimum absolute atomic E-state index is 0.0780. The second-order valence-electron chi connectivity index (χ2n) is 5.61. The van der Waals surface area contributed by atoms with Crippen molar-refractivity contribution in [2.45, 2.75) is 53.4 Å². The average Bonchev–Trinajstić information content (AvgIpc) is 2.14. The maximum atomic E-state index is 11.4. The van der Waals surface area contributed by atoms with Crippen molar-refractivity contribution in [2.75, 3.05) is 13.2 Å². The smallest absolute Gasteiger partial charge is 0.305 e. The van der Waals surface area contributed by atoms with E-state index in [0.717, 1.165) is 19.3 Å². The first kappa shape index (κ1) is 15.4. The minimum Gasteiger partial charge on any atom is -0.466 e. The third-order valence-electron chi connectivity index (χ3n) is 2.79. The van der Waals surface area contributed by atoms with Crippen LogP contribution in [0.5, 0.6) is 0 Å². The fourth-order valence-electron chi connectivity index (χ4n) is 1.44. The Labute approximate surface area is 99.7 Å². The summed E-state index contributed by atoms with van der Waals surface area (Å²) >= 11 is 0. The summed E-state index contributed by atoms with van der Waals surface area (Å²) in [5.74, 6) is 0.507. The van der Waals surface area contributed by atoms with Crippen LogP contribution in [-0.4, -0.2) is 19.1 Å². The van der Waals surface area contributed by atoms with Gasteiger partial charge in [0, 0.05) is 6.42 Å². The monoisotopic (exact) mass is 229 g/mol. The molecule has 0 radical (unpaired) electrons. The van der Waals surface area contributed by atoms with E-state index in [2.05, 4.69) is 27.7 Å². The molecular formula is C13H27NO2. The van der Waals surface area contributed by atoms with Gasteiger partial charge in [-0.05, 0) is 37.1 Å². The first-order valence-electron chi connectivity index (χ1n) is 6.23. The summed E-state index contributed by atoms with van der Waals surface area (Å²) in [6.07, 6.45) is 3.25. The van der Waals surface area contributed by atoms with Crippen LogP contribution in [-0.2, 0) is 9.53 Å². The molecule has 0 saturated carbocycles. The summed E-state index contributed by atoms with van der Waals surface area (Å²) in [7, 11) is 0. The van der Waals surface area contributed by atoms with E-state index in [-0.39, 0.29) is 11.4 Å². The standard InChI is InChI=1S/C13H27NO2/c1-11(2)6-10-16-12(15)5-7-13(3,4)8-9-14/h11H,5-10,14H2,1-4H3. The van der Waals surface area contributed by atoms with E-state index in [1.807, 2.05) is 0 Å². The molecule has 3 heteroatoms. The van der Waals surface area contributed by atoms with E-state index in [1.165, 1.54) is 0 Å². The third-order valence-corrected chi connectivity index (χ3v) is 2.79. The number of hydrogen-bond donors (Lipinski definition) is 1. The highest BCUT2D eigenvalue weighted by atomic mass is 16.5. The summed E-state index contributed by atoms with van der Waals surface area (Å²) in [4.78, 5) is 11.4. The Kier molecular flexibility index (Phi) is 7.39. The van der Waals surface area contributed by atoms with Gasteiger partial charge in [-0.1, -0.05) is 27.7 Å². The molecule has 0 unspecified atom stereocenters. The van der Waals surface area contributed by atoms with Crippen LogP contribution < -0.4 is 5.73 Å². The number of rotatable bonds is 8. The molecule has 0 aliphatic heterocycles. The maximum Gasteiger partial charge on any atom is 0.305 e. The summed E-state index contributed by atoms with van der Waals surface area (Å²) in [6.45, 7) is 9.75. The number of ether oxygens (including phenoxy) is 1. The topological polar surface area (TPSA) is 52.3 Å². The van der Waals surface area contributed by atoms with Crippen molar-refractivity contribution in [3.8, 4) is 0 Å². The van der Waals surface area contributed by atoms with Gasteiger partial charge in [-0.3, -0.25) is 4.79 Å². The third kappa shape index (κ3) is 8.72. The summed E-state index contributed by atoms with van der Waals surface area (Å²) in [6, 6.07) is 0. The van der Waals surface area contributed by atoms with E-state index in [9.17, 15) is 4.79 Å². The molecule has 0 aromatic rings. The van der Waals surface area contributed by atoms with Crippen LogP contribution in [0.15, 0.2) is 0 Å². The Hall–Kier alpha value is -0.570. The molecule has 2 N–H and O–H groups in total. The zero-order valence-corrected chi connectivity index (χ0v) is 11.2. The van der Waals surface area contributed by atoms with Crippen molar-refractivity contribution >= 4 is 5.97 Å². The van der Waals surface area contributed by atoms with Gasteiger partial charge in [0.25, 0.3) is 0 Å². The van der Waals surface area contributed by atoms with Crippen molar-refractivity contribution in [2.24, 2.45) is 17.1 Å². The van der Waals surface area contributed by atoms with E-state index in [1.54, 1.807) is 0 Å². The van der Waals surface area contributed by atoms with E-state index < -0.39 is 0 Å². The highest BCUT2D eigenvalue weighted by molar-refractivity contribution is 5.69. The number of carbonyl (C=O) groups is 1. The summed E-state index contributed by atoms with van der Waals surface area (Å²) in [5, 5.41) is 0. The Balaban J connectivity index is 3.64. The minimum atomic E-state index is -0.0780. The number of esters is 1. The molecule has 0 aromatic heterocycles. The zero-order chi connectivity index (χ0) is 12.6. The van der Waals surface area contributed by atoms with Gasteiger partial charge >= 0.3 is 5.97 Å². The predicted octanol–water partition coefficient (Wildman–Crippen LogP) is 2.73. The SMILES string of the molecule is CC(C)CCOC(=O)CCC(C)(C)CCN. The number of carbonyl (C=O) groups excluding carboxylic acids is 1. The average molecular weight is 229 g/mol. The quantitative estimate of drug-likeness (QED) is 0.651. The second kappa shape index (κ2) is 7.66. The lowest BCUT2D eigenvalue weighted by Gasteiger charge is -2.23. The predicted molar refractivity (Wildman–Crippen MR) is 67.1 cm³/mol. The van der Waals surface area contributed by atoms with Crippen molar-refractivity contribution in [3.63, 3.8) is 0 Å². The molecule has 3 nitrogen and oxygen atoms in total. The van der Waals surface area contributed by atoms with Crippen LogP contribution in [0.3, 0.4) is 0 Å². The summed E-state index contributed by atoms with van der Waals surface area (Å²) in [5.41, 5.74) is 5.66. The fourth-order valence-corrected chi connectivity index (χ4v) is 1.44. The van der Waals surface area contributed by atoms with Crippen LogP contribution >= 0.6 is 0 Å².